The SMILES string of the molecule is CC(=O)c1ccc(NC(=O)CN2C(=O)/C(=C/c3cccc(Br)c3)SC2=S)cc1. The summed E-state index contributed by atoms with van der Waals surface area (Å²) < 4.78 is 1.25. The Balaban J connectivity index is 1.66. The molecule has 1 aliphatic rings. The predicted octanol–water partition coefficient (Wildman–Crippen LogP) is 4.49. The number of benzene rings is 2. The van der Waals surface area contributed by atoms with E-state index in [1.54, 1.807) is 30.3 Å². The van der Waals surface area contributed by atoms with Gasteiger partial charge >= 0.3 is 0 Å². The molecule has 0 radical (unpaired) electrons. The number of rotatable bonds is 5. The van der Waals surface area contributed by atoms with Gasteiger partial charge in [0.1, 0.15) is 10.9 Å². The van der Waals surface area contributed by atoms with Crippen LogP contribution in [0.2, 0.25) is 0 Å². The van der Waals surface area contributed by atoms with E-state index in [1.807, 2.05) is 24.3 Å². The highest BCUT2D eigenvalue weighted by molar-refractivity contribution is 9.10. The number of carbonyl (C=O) groups excluding carboxylic acids is 3. The van der Waals surface area contributed by atoms with Gasteiger partial charge in [-0.05, 0) is 55.0 Å². The number of hydrogen-bond donors (Lipinski definition) is 1. The Kier molecular flexibility index (Phi) is 6.43. The molecule has 0 bridgehead atoms. The van der Waals surface area contributed by atoms with Crippen molar-refractivity contribution in [3.05, 3.63) is 69.0 Å². The fourth-order valence-corrected chi connectivity index (χ4v) is 4.19. The van der Waals surface area contributed by atoms with Crippen LogP contribution in [-0.2, 0) is 9.59 Å². The lowest BCUT2D eigenvalue weighted by atomic mass is 10.1. The third kappa shape index (κ3) is 4.95. The quantitative estimate of drug-likeness (QED) is 0.392. The molecule has 1 saturated heterocycles. The molecule has 0 aliphatic carbocycles. The minimum Gasteiger partial charge on any atom is -0.325 e. The number of ketones is 1. The normalized spacial score (nSPS) is 15.2. The summed E-state index contributed by atoms with van der Waals surface area (Å²) in [5.41, 5.74) is 1.97. The van der Waals surface area contributed by atoms with E-state index in [1.165, 1.54) is 23.6 Å². The highest BCUT2D eigenvalue weighted by atomic mass is 79.9. The van der Waals surface area contributed by atoms with Crippen LogP contribution in [0.1, 0.15) is 22.8 Å². The van der Waals surface area contributed by atoms with E-state index in [0.717, 1.165) is 10.0 Å². The van der Waals surface area contributed by atoms with Gasteiger partial charge in [-0.3, -0.25) is 19.3 Å². The first-order valence-electron chi connectivity index (χ1n) is 8.25. The van der Waals surface area contributed by atoms with Crippen molar-refractivity contribution in [3.8, 4) is 0 Å². The largest absolute Gasteiger partial charge is 0.325 e. The Hall–Kier alpha value is -2.29. The van der Waals surface area contributed by atoms with Gasteiger partial charge in [0.05, 0.1) is 4.91 Å². The summed E-state index contributed by atoms with van der Waals surface area (Å²) in [5.74, 6) is -0.708. The minimum absolute atomic E-state index is 0.0484. The van der Waals surface area contributed by atoms with Crippen LogP contribution in [0.3, 0.4) is 0 Å². The molecule has 0 unspecified atom stereocenters. The summed E-state index contributed by atoms with van der Waals surface area (Å²) >= 11 is 9.84. The maximum absolute atomic E-state index is 12.6. The molecule has 1 fully saturated rings. The summed E-state index contributed by atoms with van der Waals surface area (Å²) in [6, 6.07) is 14.1. The number of carbonyl (C=O) groups is 3. The number of halogens is 1. The Morgan fingerprint density at radius 3 is 2.57 bits per heavy atom. The fourth-order valence-electron chi connectivity index (χ4n) is 2.52. The second kappa shape index (κ2) is 8.81. The van der Waals surface area contributed by atoms with Crippen molar-refractivity contribution in [3.63, 3.8) is 0 Å². The molecule has 1 heterocycles. The second-order valence-corrected chi connectivity index (χ2v) is 8.60. The Bertz CT molecular complexity index is 1000. The average molecular weight is 475 g/mol. The molecule has 0 aromatic heterocycles. The number of nitrogens with zero attached hydrogens (tertiary/aromatic N) is 1. The van der Waals surface area contributed by atoms with Crippen LogP contribution in [0.5, 0.6) is 0 Å². The van der Waals surface area contributed by atoms with E-state index < -0.39 is 0 Å². The van der Waals surface area contributed by atoms with Crippen LogP contribution in [0.4, 0.5) is 5.69 Å². The molecule has 3 rings (SSSR count). The molecule has 28 heavy (non-hydrogen) atoms. The van der Waals surface area contributed by atoms with Gasteiger partial charge in [-0.25, -0.2) is 0 Å². The summed E-state index contributed by atoms with van der Waals surface area (Å²) in [4.78, 5) is 38.0. The molecule has 142 valence electrons. The molecular formula is C20H15BrN2O3S2. The van der Waals surface area contributed by atoms with Crippen molar-refractivity contribution in [1.82, 2.24) is 4.90 Å². The van der Waals surface area contributed by atoms with Gasteiger partial charge in [-0.15, -0.1) is 0 Å². The third-order valence-electron chi connectivity index (χ3n) is 3.90. The number of nitrogens with one attached hydrogen (secondary N) is 1. The molecule has 1 aliphatic heterocycles. The third-order valence-corrected chi connectivity index (χ3v) is 5.77. The summed E-state index contributed by atoms with van der Waals surface area (Å²) in [7, 11) is 0. The van der Waals surface area contributed by atoms with Crippen LogP contribution in [0.15, 0.2) is 57.9 Å². The number of thioether (sulfide) groups is 1. The lowest BCUT2D eigenvalue weighted by Gasteiger charge is -2.14. The minimum atomic E-state index is -0.365. The standard InChI is InChI=1S/C20H15BrN2O3S2/c1-12(24)14-5-7-16(8-6-14)22-18(25)11-23-19(26)17(28-20(23)27)10-13-3-2-4-15(21)9-13/h2-10H,11H2,1H3,(H,22,25)/b17-10-. The highest BCUT2D eigenvalue weighted by Gasteiger charge is 2.33. The number of anilines is 1. The molecular weight excluding hydrogens is 460 g/mol. The monoisotopic (exact) mass is 474 g/mol. The topological polar surface area (TPSA) is 66.5 Å². The predicted molar refractivity (Wildman–Crippen MR) is 119 cm³/mol. The summed E-state index contributed by atoms with van der Waals surface area (Å²) in [5, 5.41) is 2.71. The molecule has 0 spiro atoms. The smallest absolute Gasteiger partial charge is 0.266 e. The summed E-state index contributed by atoms with van der Waals surface area (Å²) in [6.45, 7) is 1.30. The molecule has 2 aromatic rings. The lowest BCUT2D eigenvalue weighted by Crippen LogP contribution is -2.36. The van der Waals surface area contributed by atoms with E-state index in [9.17, 15) is 14.4 Å². The van der Waals surface area contributed by atoms with Crippen molar-refractivity contribution in [2.24, 2.45) is 0 Å². The Morgan fingerprint density at radius 2 is 1.93 bits per heavy atom. The van der Waals surface area contributed by atoms with Gasteiger partial charge < -0.3 is 5.32 Å². The first kappa shape index (κ1) is 20.4. The van der Waals surface area contributed by atoms with Crippen LogP contribution < -0.4 is 5.32 Å². The van der Waals surface area contributed by atoms with E-state index >= 15 is 0 Å². The molecule has 5 nitrogen and oxygen atoms in total. The van der Waals surface area contributed by atoms with Crippen molar-refractivity contribution in [2.75, 3.05) is 11.9 Å². The van der Waals surface area contributed by atoms with Gasteiger partial charge in [-0.2, -0.15) is 0 Å². The maximum Gasteiger partial charge on any atom is 0.266 e. The fraction of sp³-hybridized carbons (Fsp3) is 0.100. The zero-order valence-corrected chi connectivity index (χ0v) is 18.0. The van der Waals surface area contributed by atoms with Crippen LogP contribution in [-0.4, -0.2) is 33.4 Å². The molecule has 0 saturated carbocycles. The number of hydrogen-bond acceptors (Lipinski definition) is 5. The summed E-state index contributed by atoms with van der Waals surface area (Å²) in [6.07, 6.45) is 1.75. The van der Waals surface area contributed by atoms with Crippen molar-refractivity contribution < 1.29 is 14.4 Å². The average Bonchev–Trinajstić information content (AvgIpc) is 2.89. The van der Waals surface area contributed by atoms with Crippen molar-refractivity contribution in [2.45, 2.75) is 6.92 Å². The molecule has 2 amide bonds. The first-order valence-corrected chi connectivity index (χ1v) is 10.3. The molecule has 2 aromatic carbocycles. The molecule has 1 N–H and O–H groups in total. The molecule has 0 atom stereocenters. The van der Waals surface area contributed by atoms with Gasteiger partial charge in [0.15, 0.2) is 5.78 Å². The van der Waals surface area contributed by atoms with E-state index in [0.29, 0.717) is 20.5 Å². The number of amides is 2. The van der Waals surface area contributed by atoms with Gasteiger partial charge in [0, 0.05) is 15.7 Å². The lowest BCUT2D eigenvalue weighted by molar-refractivity contribution is -0.126. The van der Waals surface area contributed by atoms with Crippen LogP contribution in [0, 0.1) is 0 Å². The van der Waals surface area contributed by atoms with E-state index in [2.05, 4.69) is 21.2 Å². The second-order valence-electron chi connectivity index (χ2n) is 6.00. The zero-order chi connectivity index (χ0) is 20.3. The number of Topliss-reactive ketones (excluding diaryl/α,β-unsaturated/α-hetero) is 1. The zero-order valence-electron chi connectivity index (χ0n) is 14.8. The maximum atomic E-state index is 12.6. The van der Waals surface area contributed by atoms with Gasteiger partial charge in [0.25, 0.3) is 5.91 Å². The Morgan fingerprint density at radius 1 is 1.21 bits per heavy atom. The van der Waals surface area contributed by atoms with Crippen molar-refractivity contribution in [1.29, 1.82) is 0 Å². The Labute approximate surface area is 180 Å². The molecule has 8 heteroatoms. The van der Waals surface area contributed by atoms with Crippen LogP contribution >= 0.6 is 39.9 Å². The van der Waals surface area contributed by atoms with Crippen molar-refractivity contribution >= 4 is 73.6 Å². The first-order chi connectivity index (χ1) is 13.3. The van der Waals surface area contributed by atoms with Crippen LogP contribution in [0.25, 0.3) is 6.08 Å². The highest BCUT2D eigenvalue weighted by Crippen LogP contribution is 2.32. The van der Waals surface area contributed by atoms with Gasteiger partial charge in [-0.1, -0.05) is 52.0 Å². The van der Waals surface area contributed by atoms with E-state index in [-0.39, 0.29) is 24.1 Å². The van der Waals surface area contributed by atoms with E-state index in [4.69, 9.17) is 12.2 Å². The van der Waals surface area contributed by atoms with Gasteiger partial charge in [0.2, 0.25) is 5.91 Å². The number of thiocarbonyl (C=S) groups is 1.